The van der Waals surface area contributed by atoms with Crippen molar-refractivity contribution in [1.29, 1.82) is 0 Å². The molecule has 0 bridgehead atoms. The first-order chi connectivity index (χ1) is 14.4. The van der Waals surface area contributed by atoms with Crippen LogP contribution in [0.4, 0.5) is 11.6 Å². The molecule has 1 fully saturated rings. The van der Waals surface area contributed by atoms with Gasteiger partial charge in [0.15, 0.2) is 5.82 Å². The Hall–Kier alpha value is -2.49. The fourth-order valence-corrected chi connectivity index (χ4v) is 5.39. The molecule has 1 aliphatic rings. The number of aromatic nitrogens is 2. The Balaban J connectivity index is 1.44. The number of anilines is 2. The molecule has 9 heteroatoms. The van der Waals surface area contributed by atoms with E-state index in [1.165, 1.54) is 23.1 Å². The lowest BCUT2D eigenvalue weighted by Crippen LogP contribution is -2.35. The zero-order chi connectivity index (χ0) is 21.1. The lowest BCUT2D eigenvalue weighted by molar-refractivity contribution is 0.326. The number of nitrogens with zero attached hydrogens (tertiary/aromatic N) is 4. The monoisotopic (exact) mass is 443 g/mol. The summed E-state index contributed by atoms with van der Waals surface area (Å²) in [6.45, 7) is 4.83. The summed E-state index contributed by atoms with van der Waals surface area (Å²) in [6, 6.07) is 12.5. The van der Waals surface area contributed by atoms with Crippen LogP contribution in [0, 0.1) is 6.92 Å². The third kappa shape index (κ3) is 4.63. The minimum Gasteiger partial charge on any atom is -0.355 e. The van der Waals surface area contributed by atoms with Crippen LogP contribution < -0.4 is 9.62 Å². The van der Waals surface area contributed by atoms with Crippen LogP contribution in [0.2, 0.25) is 0 Å². The minimum absolute atomic E-state index is 0.141. The van der Waals surface area contributed by atoms with Gasteiger partial charge in [-0.25, -0.2) is 18.4 Å². The van der Waals surface area contributed by atoms with Crippen LogP contribution in [0.3, 0.4) is 0 Å². The highest BCUT2D eigenvalue weighted by Gasteiger charge is 2.28. The molecule has 3 heterocycles. The number of nitrogens with one attached hydrogen (secondary N) is 1. The molecule has 4 rings (SSSR count). The van der Waals surface area contributed by atoms with Gasteiger partial charge in [0, 0.05) is 44.3 Å². The summed E-state index contributed by atoms with van der Waals surface area (Å²) >= 11 is 1.34. The summed E-state index contributed by atoms with van der Waals surface area (Å²) in [5, 5.41) is 1.65. The fourth-order valence-electron chi connectivity index (χ4n) is 3.80. The molecule has 158 valence electrons. The quantitative estimate of drug-likeness (QED) is 0.603. The number of hydrogen-bond donors (Lipinski definition) is 1. The molecule has 30 heavy (non-hydrogen) atoms. The summed E-state index contributed by atoms with van der Waals surface area (Å²) in [7, 11) is -1.67. The average molecular weight is 444 g/mol. The highest BCUT2D eigenvalue weighted by atomic mass is 32.2. The third-order valence-corrected chi connectivity index (χ3v) is 7.29. The molecule has 0 saturated carbocycles. The van der Waals surface area contributed by atoms with E-state index in [2.05, 4.69) is 48.8 Å². The Kier molecular flexibility index (Phi) is 6.03. The van der Waals surface area contributed by atoms with Gasteiger partial charge in [-0.1, -0.05) is 30.3 Å². The molecule has 0 spiro atoms. The van der Waals surface area contributed by atoms with E-state index in [4.69, 9.17) is 0 Å². The molecule has 1 aliphatic heterocycles. The molecule has 0 radical (unpaired) electrons. The number of rotatable bonds is 7. The zero-order valence-electron chi connectivity index (χ0n) is 17.0. The molecule has 0 amide bonds. The largest absolute Gasteiger partial charge is 0.355 e. The number of pyridine rings is 1. The van der Waals surface area contributed by atoms with Gasteiger partial charge in [-0.05, 0) is 30.5 Å². The van der Waals surface area contributed by atoms with Crippen LogP contribution in [-0.2, 0) is 16.6 Å². The van der Waals surface area contributed by atoms with E-state index in [9.17, 15) is 8.42 Å². The molecule has 0 unspecified atom stereocenters. The van der Waals surface area contributed by atoms with Crippen molar-refractivity contribution in [2.75, 3.05) is 29.8 Å². The second-order valence-electron chi connectivity index (χ2n) is 7.56. The maximum atomic E-state index is 12.6. The topological polar surface area (TPSA) is 78.4 Å². The Morgan fingerprint density at radius 3 is 2.77 bits per heavy atom. The highest BCUT2D eigenvalue weighted by Crippen LogP contribution is 2.26. The van der Waals surface area contributed by atoms with Crippen molar-refractivity contribution in [2.24, 2.45) is 0 Å². The molecule has 1 saturated heterocycles. The van der Waals surface area contributed by atoms with Gasteiger partial charge < -0.3 is 4.90 Å². The standard InChI is InChI=1S/C21H25N5O2S2/c1-16-10-19(30(27,28)24-20-14-29-15-23-20)11-22-21(16)25(2)18-8-9-26(13-18)12-17-6-4-3-5-7-17/h3-7,10-11,14-15,18,24H,8-9,12-13H2,1-2H3/t18-/m0/s1. The van der Waals surface area contributed by atoms with E-state index in [1.807, 2.05) is 20.0 Å². The fraction of sp³-hybridized carbons (Fsp3) is 0.333. The molecule has 7 nitrogen and oxygen atoms in total. The predicted molar refractivity (Wildman–Crippen MR) is 120 cm³/mol. The van der Waals surface area contributed by atoms with Crippen molar-refractivity contribution >= 4 is 33.0 Å². The van der Waals surface area contributed by atoms with Gasteiger partial charge in [0.2, 0.25) is 0 Å². The minimum atomic E-state index is -3.71. The Morgan fingerprint density at radius 2 is 2.07 bits per heavy atom. The number of sulfonamides is 1. The first-order valence-electron chi connectivity index (χ1n) is 9.79. The van der Waals surface area contributed by atoms with Gasteiger partial charge in [-0.3, -0.25) is 9.62 Å². The summed E-state index contributed by atoms with van der Waals surface area (Å²) in [5.74, 6) is 1.14. The number of likely N-dealkylation sites (tertiary alicyclic amines) is 1. The summed E-state index contributed by atoms with van der Waals surface area (Å²) < 4.78 is 27.7. The van der Waals surface area contributed by atoms with Crippen LogP contribution in [0.25, 0.3) is 0 Å². The number of aryl methyl sites for hydroxylation is 1. The van der Waals surface area contributed by atoms with Crippen LogP contribution in [0.15, 0.2) is 58.4 Å². The van der Waals surface area contributed by atoms with Crippen LogP contribution in [0.5, 0.6) is 0 Å². The van der Waals surface area contributed by atoms with E-state index < -0.39 is 10.0 Å². The summed E-state index contributed by atoms with van der Waals surface area (Å²) in [6.07, 6.45) is 2.47. The smallest absolute Gasteiger partial charge is 0.264 e. The number of thiazole rings is 1. The molecule has 0 aliphatic carbocycles. The summed E-state index contributed by atoms with van der Waals surface area (Å²) in [4.78, 5) is 13.2. The number of likely N-dealkylation sites (N-methyl/N-ethyl adjacent to an activating group) is 1. The van der Waals surface area contributed by atoms with Crippen LogP contribution >= 0.6 is 11.3 Å². The van der Waals surface area contributed by atoms with Crippen molar-refractivity contribution < 1.29 is 8.42 Å². The van der Waals surface area contributed by atoms with Crippen molar-refractivity contribution in [3.05, 3.63) is 64.6 Å². The third-order valence-electron chi connectivity index (χ3n) is 5.39. The van der Waals surface area contributed by atoms with Crippen molar-refractivity contribution in [3.8, 4) is 0 Å². The van der Waals surface area contributed by atoms with Gasteiger partial charge in [0.1, 0.15) is 10.7 Å². The van der Waals surface area contributed by atoms with Crippen molar-refractivity contribution in [3.63, 3.8) is 0 Å². The van der Waals surface area contributed by atoms with Gasteiger partial charge in [-0.2, -0.15) is 0 Å². The molecule has 2 aromatic heterocycles. The normalized spacial score (nSPS) is 17.2. The first-order valence-corrected chi connectivity index (χ1v) is 12.2. The van der Waals surface area contributed by atoms with E-state index in [1.54, 1.807) is 17.0 Å². The van der Waals surface area contributed by atoms with E-state index in [-0.39, 0.29) is 4.90 Å². The van der Waals surface area contributed by atoms with Gasteiger partial charge in [0.05, 0.1) is 5.51 Å². The molecule has 3 aromatic rings. The van der Waals surface area contributed by atoms with E-state index >= 15 is 0 Å². The predicted octanol–water partition coefficient (Wildman–Crippen LogP) is 3.36. The molecule has 1 atom stereocenters. The van der Waals surface area contributed by atoms with Crippen LogP contribution in [-0.4, -0.2) is 49.5 Å². The molecular formula is C21H25N5O2S2. The lowest BCUT2D eigenvalue weighted by Gasteiger charge is -2.27. The average Bonchev–Trinajstić information content (AvgIpc) is 3.40. The van der Waals surface area contributed by atoms with Crippen molar-refractivity contribution in [2.45, 2.75) is 30.8 Å². The summed E-state index contributed by atoms with van der Waals surface area (Å²) in [5.41, 5.74) is 3.74. The number of hydrogen-bond acceptors (Lipinski definition) is 7. The van der Waals surface area contributed by atoms with Crippen LogP contribution in [0.1, 0.15) is 17.5 Å². The lowest BCUT2D eigenvalue weighted by atomic mass is 10.2. The Labute approximate surface area is 181 Å². The molecule has 1 aromatic carbocycles. The maximum Gasteiger partial charge on any atom is 0.264 e. The highest BCUT2D eigenvalue weighted by molar-refractivity contribution is 7.92. The van der Waals surface area contributed by atoms with E-state index in [0.29, 0.717) is 11.9 Å². The Morgan fingerprint density at radius 1 is 1.27 bits per heavy atom. The SMILES string of the molecule is Cc1cc(S(=O)(=O)Nc2cscn2)cnc1N(C)[C@H]1CCN(Cc2ccccc2)C1. The second-order valence-corrected chi connectivity index (χ2v) is 9.97. The zero-order valence-corrected chi connectivity index (χ0v) is 18.7. The second kappa shape index (κ2) is 8.71. The van der Waals surface area contributed by atoms with Gasteiger partial charge >= 0.3 is 0 Å². The van der Waals surface area contributed by atoms with E-state index in [0.717, 1.165) is 37.4 Å². The van der Waals surface area contributed by atoms with Crippen molar-refractivity contribution in [1.82, 2.24) is 14.9 Å². The maximum absolute atomic E-state index is 12.6. The Bertz CT molecular complexity index is 1090. The molecule has 1 N–H and O–H groups in total. The molecular weight excluding hydrogens is 418 g/mol. The van der Waals surface area contributed by atoms with Gasteiger partial charge in [-0.15, -0.1) is 11.3 Å². The van der Waals surface area contributed by atoms with Gasteiger partial charge in [0.25, 0.3) is 10.0 Å². The number of benzene rings is 1. The first kappa shape index (κ1) is 20.8.